The molecule has 0 saturated heterocycles. The zero-order valence-corrected chi connectivity index (χ0v) is 11.4. The fourth-order valence-corrected chi connectivity index (χ4v) is 1.60. The molecule has 0 heterocycles. The molecule has 0 saturated carbocycles. The van der Waals surface area contributed by atoms with Crippen molar-refractivity contribution < 1.29 is 9.72 Å². The number of rotatable bonds is 2. The molecule has 0 aromatic heterocycles. The normalized spacial score (nSPS) is 11.1. The Balaban J connectivity index is 3.04. The monoisotopic (exact) mass is 300 g/mol. The summed E-state index contributed by atoms with van der Waals surface area (Å²) in [6.45, 7) is 5.54. The van der Waals surface area contributed by atoms with Crippen LogP contribution >= 0.6 is 15.9 Å². The molecule has 1 aromatic carbocycles. The van der Waals surface area contributed by atoms with E-state index in [2.05, 4.69) is 21.2 Å². The van der Waals surface area contributed by atoms with Crippen molar-refractivity contribution in [1.82, 2.24) is 5.32 Å². The number of amides is 1. The molecule has 0 spiro atoms. The van der Waals surface area contributed by atoms with E-state index in [1.54, 1.807) is 0 Å². The third-order valence-corrected chi connectivity index (χ3v) is 2.56. The van der Waals surface area contributed by atoms with E-state index in [4.69, 9.17) is 0 Å². The van der Waals surface area contributed by atoms with Crippen LogP contribution in [0, 0.1) is 10.1 Å². The molecule has 5 nitrogen and oxygen atoms in total. The van der Waals surface area contributed by atoms with Crippen LogP contribution in [0.15, 0.2) is 22.7 Å². The van der Waals surface area contributed by atoms with Crippen molar-refractivity contribution in [3.63, 3.8) is 0 Å². The summed E-state index contributed by atoms with van der Waals surface area (Å²) in [5.74, 6) is -0.326. The molecule has 0 aliphatic heterocycles. The van der Waals surface area contributed by atoms with Gasteiger partial charge in [-0.25, -0.2) is 0 Å². The van der Waals surface area contributed by atoms with Crippen molar-refractivity contribution in [1.29, 1.82) is 0 Å². The first-order valence-electron chi connectivity index (χ1n) is 4.97. The van der Waals surface area contributed by atoms with Gasteiger partial charge in [0.1, 0.15) is 0 Å². The highest BCUT2D eigenvalue weighted by atomic mass is 79.9. The highest BCUT2D eigenvalue weighted by Crippen LogP contribution is 2.25. The summed E-state index contributed by atoms with van der Waals surface area (Å²) in [4.78, 5) is 22.0. The van der Waals surface area contributed by atoms with E-state index in [0.29, 0.717) is 4.47 Å². The molecule has 1 N–H and O–H groups in total. The number of carbonyl (C=O) groups is 1. The van der Waals surface area contributed by atoms with Gasteiger partial charge in [0.25, 0.3) is 11.6 Å². The number of nitro benzene ring substituents is 1. The number of carbonyl (C=O) groups excluding carboxylic acids is 1. The molecule has 1 amide bonds. The lowest BCUT2D eigenvalue weighted by molar-refractivity contribution is -0.385. The quantitative estimate of drug-likeness (QED) is 0.674. The lowest BCUT2D eigenvalue weighted by atomic mass is 10.1. The molecule has 1 aromatic rings. The zero-order chi connectivity index (χ0) is 13.2. The van der Waals surface area contributed by atoms with Crippen LogP contribution in [0.5, 0.6) is 0 Å². The van der Waals surface area contributed by atoms with E-state index in [0.717, 1.165) is 0 Å². The Labute approximate surface area is 107 Å². The summed E-state index contributed by atoms with van der Waals surface area (Å²) < 4.78 is 0.356. The molecule has 1 rings (SSSR count). The van der Waals surface area contributed by atoms with E-state index < -0.39 is 4.92 Å². The second-order valence-corrected chi connectivity index (χ2v) is 5.48. The maximum atomic E-state index is 11.8. The van der Waals surface area contributed by atoms with Crippen LogP contribution < -0.4 is 5.32 Å². The van der Waals surface area contributed by atoms with Crippen molar-refractivity contribution >= 4 is 27.5 Å². The maximum Gasteiger partial charge on any atom is 0.284 e. The Hall–Kier alpha value is -1.43. The van der Waals surface area contributed by atoms with Crippen molar-refractivity contribution in [2.45, 2.75) is 26.3 Å². The summed E-state index contributed by atoms with van der Waals surface area (Å²) in [5, 5.41) is 13.5. The average molecular weight is 301 g/mol. The summed E-state index contributed by atoms with van der Waals surface area (Å²) in [6.07, 6.45) is 0. The van der Waals surface area contributed by atoms with Gasteiger partial charge in [0.05, 0.1) is 9.40 Å². The molecule has 0 fully saturated rings. The lowest BCUT2D eigenvalue weighted by Crippen LogP contribution is -2.40. The molecule has 0 bridgehead atoms. The van der Waals surface area contributed by atoms with Gasteiger partial charge in [-0.3, -0.25) is 14.9 Å². The van der Waals surface area contributed by atoms with E-state index in [1.165, 1.54) is 18.2 Å². The fraction of sp³-hybridized carbons (Fsp3) is 0.364. The molecular weight excluding hydrogens is 288 g/mol. The average Bonchev–Trinajstić information content (AvgIpc) is 2.14. The molecule has 17 heavy (non-hydrogen) atoms. The van der Waals surface area contributed by atoms with Gasteiger partial charge in [0.2, 0.25) is 0 Å². The van der Waals surface area contributed by atoms with E-state index in [9.17, 15) is 14.9 Å². The minimum absolute atomic E-state index is 0.119. The van der Waals surface area contributed by atoms with Crippen molar-refractivity contribution in [3.05, 3.63) is 38.3 Å². The van der Waals surface area contributed by atoms with Crippen LogP contribution in [0.4, 0.5) is 5.69 Å². The van der Waals surface area contributed by atoms with Crippen LogP contribution in [0.3, 0.4) is 0 Å². The number of nitro groups is 1. The molecule has 6 heteroatoms. The summed E-state index contributed by atoms with van der Waals surface area (Å²) >= 11 is 3.07. The van der Waals surface area contributed by atoms with Gasteiger partial charge in [-0.1, -0.05) is 0 Å². The van der Waals surface area contributed by atoms with Gasteiger partial charge >= 0.3 is 0 Å². The van der Waals surface area contributed by atoms with Crippen LogP contribution in [0.25, 0.3) is 0 Å². The van der Waals surface area contributed by atoms with Gasteiger partial charge in [0.15, 0.2) is 0 Å². The van der Waals surface area contributed by atoms with Gasteiger partial charge < -0.3 is 5.32 Å². The highest BCUT2D eigenvalue weighted by Gasteiger charge is 2.19. The van der Waals surface area contributed by atoms with Crippen molar-refractivity contribution in [2.75, 3.05) is 0 Å². The first-order chi connectivity index (χ1) is 7.70. The largest absolute Gasteiger partial charge is 0.347 e. The maximum absolute atomic E-state index is 11.8. The molecule has 92 valence electrons. The van der Waals surface area contributed by atoms with Crippen LogP contribution in [0.1, 0.15) is 31.1 Å². The van der Waals surface area contributed by atoms with Crippen molar-refractivity contribution in [3.8, 4) is 0 Å². The van der Waals surface area contributed by atoms with Gasteiger partial charge in [-0.05, 0) is 48.8 Å². The summed E-state index contributed by atoms with van der Waals surface area (Å²) in [7, 11) is 0. The van der Waals surface area contributed by atoms with Gasteiger partial charge in [0, 0.05) is 17.2 Å². The minimum atomic E-state index is -0.530. The molecular formula is C11H13BrN2O3. The Kier molecular flexibility index (Phi) is 3.87. The number of nitrogens with zero attached hydrogens (tertiary/aromatic N) is 1. The van der Waals surface area contributed by atoms with Crippen LogP contribution in [0.2, 0.25) is 0 Å². The molecule has 0 unspecified atom stereocenters. The highest BCUT2D eigenvalue weighted by molar-refractivity contribution is 9.10. The second kappa shape index (κ2) is 4.83. The van der Waals surface area contributed by atoms with Crippen molar-refractivity contribution in [2.24, 2.45) is 0 Å². The Morgan fingerprint density at radius 3 is 2.47 bits per heavy atom. The first-order valence-corrected chi connectivity index (χ1v) is 5.76. The number of benzene rings is 1. The SMILES string of the molecule is CC(C)(C)NC(=O)c1ccc(Br)c([N+](=O)[O-])c1. The molecule has 0 radical (unpaired) electrons. The molecule has 0 atom stereocenters. The Morgan fingerprint density at radius 2 is 2.00 bits per heavy atom. The fourth-order valence-electron chi connectivity index (χ4n) is 1.21. The van der Waals surface area contributed by atoms with Gasteiger partial charge in [-0.2, -0.15) is 0 Å². The van der Waals surface area contributed by atoms with Crippen LogP contribution in [-0.4, -0.2) is 16.4 Å². The predicted octanol–water partition coefficient (Wildman–Crippen LogP) is 2.89. The second-order valence-electron chi connectivity index (χ2n) is 4.63. The smallest absolute Gasteiger partial charge is 0.284 e. The zero-order valence-electron chi connectivity index (χ0n) is 9.78. The number of halogens is 1. The first kappa shape index (κ1) is 13.6. The number of hydrogen-bond acceptors (Lipinski definition) is 3. The predicted molar refractivity (Wildman–Crippen MR) is 68.0 cm³/mol. The third kappa shape index (κ3) is 3.81. The topological polar surface area (TPSA) is 72.2 Å². The van der Waals surface area contributed by atoms with E-state index in [-0.39, 0.29) is 22.7 Å². The summed E-state index contributed by atoms with van der Waals surface area (Å²) in [5.41, 5.74) is -0.222. The standard InChI is InChI=1S/C11H13BrN2O3/c1-11(2,3)13-10(15)7-4-5-8(12)9(6-7)14(16)17/h4-6H,1-3H3,(H,13,15). The number of nitrogens with one attached hydrogen (secondary N) is 1. The third-order valence-electron chi connectivity index (χ3n) is 1.89. The number of hydrogen-bond donors (Lipinski definition) is 1. The molecule has 0 aliphatic carbocycles. The summed E-state index contributed by atoms with van der Waals surface area (Å²) in [6, 6.07) is 4.29. The Bertz CT molecular complexity index is 466. The Morgan fingerprint density at radius 1 is 1.41 bits per heavy atom. The minimum Gasteiger partial charge on any atom is -0.347 e. The molecule has 0 aliphatic rings. The lowest BCUT2D eigenvalue weighted by Gasteiger charge is -2.20. The van der Waals surface area contributed by atoms with E-state index >= 15 is 0 Å². The van der Waals surface area contributed by atoms with Crippen LogP contribution in [-0.2, 0) is 0 Å². The van der Waals surface area contributed by atoms with Gasteiger partial charge in [-0.15, -0.1) is 0 Å². The van der Waals surface area contributed by atoms with E-state index in [1.807, 2.05) is 20.8 Å².